The Morgan fingerprint density at radius 2 is 1.57 bits per heavy atom. The van der Waals surface area contributed by atoms with Gasteiger partial charge in [-0.1, -0.05) is 0 Å². The molecule has 0 amide bonds. The van der Waals surface area contributed by atoms with E-state index < -0.39 is 20.7 Å². The van der Waals surface area contributed by atoms with Gasteiger partial charge in [-0.3, -0.25) is 14.4 Å². The predicted molar refractivity (Wildman–Crippen MR) is 49.6 cm³/mol. The predicted octanol–water partition coefficient (Wildman–Crippen LogP) is -1.44. The highest BCUT2D eigenvalue weighted by molar-refractivity contribution is 7.70. The molecule has 0 aromatic rings. The van der Waals surface area contributed by atoms with Gasteiger partial charge in [0, 0.05) is 0 Å². The first-order valence-electron chi connectivity index (χ1n) is 3.73. The van der Waals surface area contributed by atoms with Crippen LogP contribution in [-0.2, 0) is 9.13 Å². The van der Waals surface area contributed by atoms with Crippen molar-refractivity contribution in [3.05, 3.63) is 0 Å². The number of rotatable bonds is 6. The van der Waals surface area contributed by atoms with Crippen molar-refractivity contribution in [3.63, 3.8) is 0 Å². The van der Waals surface area contributed by atoms with E-state index in [0.717, 1.165) is 0 Å². The molecule has 10 heteroatoms. The molecule has 0 unspecified atom stereocenters. The van der Waals surface area contributed by atoms with E-state index in [9.17, 15) is 9.13 Å². The van der Waals surface area contributed by atoms with Crippen molar-refractivity contribution in [1.29, 1.82) is 0 Å². The van der Waals surface area contributed by atoms with Crippen LogP contribution in [0.4, 0.5) is 0 Å². The SMILES string of the molecule is NCCCNC(P(=O)(O)O)P(=O)(O)O. The highest BCUT2D eigenvalue weighted by Crippen LogP contribution is 2.58. The molecule has 86 valence electrons. The van der Waals surface area contributed by atoms with Crippen LogP contribution in [0.1, 0.15) is 6.42 Å². The van der Waals surface area contributed by atoms with Gasteiger partial charge in [-0.25, -0.2) is 0 Å². The van der Waals surface area contributed by atoms with Gasteiger partial charge in [0.1, 0.15) is 0 Å². The Kier molecular flexibility index (Phi) is 5.43. The van der Waals surface area contributed by atoms with Crippen LogP contribution in [0, 0.1) is 0 Å². The molecule has 0 aliphatic carbocycles. The summed E-state index contributed by atoms with van der Waals surface area (Å²) in [5.41, 5.74) is 2.97. The molecule has 7 N–H and O–H groups in total. The topological polar surface area (TPSA) is 153 Å². The van der Waals surface area contributed by atoms with Gasteiger partial charge in [0.05, 0.1) is 0 Å². The minimum atomic E-state index is -4.85. The van der Waals surface area contributed by atoms with Crippen molar-refractivity contribution in [3.8, 4) is 0 Å². The molecule has 0 bridgehead atoms. The summed E-state index contributed by atoms with van der Waals surface area (Å²) in [6.07, 6.45) is 0.372. The van der Waals surface area contributed by atoms with Crippen molar-refractivity contribution in [1.82, 2.24) is 5.32 Å². The molecule has 0 spiro atoms. The summed E-state index contributed by atoms with van der Waals surface area (Å²) in [6.45, 7) is 0.305. The summed E-state index contributed by atoms with van der Waals surface area (Å²) in [4.78, 5) is 34.6. The first-order chi connectivity index (χ1) is 6.19. The Bertz CT molecular complexity index is 237. The van der Waals surface area contributed by atoms with Crippen molar-refractivity contribution in [2.24, 2.45) is 5.73 Å². The van der Waals surface area contributed by atoms with Crippen LogP contribution in [0.5, 0.6) is 0 Å². The summed E-state index contributed by atoms with van der Waals surface area (Å²) in [7, 11) is -9.71. The van der Waals surface area contributed by atoms with E-state index in [-0.39, 0.29) is 13.1 Å². The number of nitrogens with one attached hydrogen (secondary N) is 1. The summed E-state index contributed by atoms with van der Waals surface area (Å²) >= 11 is 0. The Morgan fingerprint density at radius 1 is 1.14 bits per heavy atom. The molecular weight excluding hydrogens is 234 g/mol. The van der Waals surface area contributed by atoms with Gasteiger partial charge in [0.25, 0.3) is 0 Å². The summed E-state index contributed by atoms with van der Waals surface area (Å²) in [5.74, 6) is 0. The van der Waals surface area contributed by atoms with Crippen molar-refractivity contribution >= 4 is 15.2 Å². The maximum absolute atomic E-state index is 10.7. The van der Waals surface area contributed by atoms with Crippen LogP contribution in [0.2, 0.25) is 0 Å². The fourth-order valence-electron chi connectivity index (χ4n) is 0.767. The van der Waals surface area contributed by atoms with Crippen LogP contribution in [-0.4, -0.2) is 38.2 Å². The van der Waals surface area contributed by atoms with Gasteiger partial charge in [0.15, 0.2) is 0 Å². The maximum atomic E-state index is 10.7. The lowest BCUT2D eigenvalue weighted by Crippen LogP contribution is -2.30. The van der Waals surface area contributed by atoms with Crippen LogP contribution in [0.25, 0.3) is 0 Å². The molecule has 0 rings (SSSR count). The highest BCUT2D eigenvalue weighted by Gasteiger charge is 2.42. The zero-order valence-corrected chi connectivity index (χ0v) is 9.06. The first kappa shape index (κ1) is 14.2. The van der Waals surface area contributed by atoms with Crippen molar-refractivity contribution in [2.75, 3.05) is 13.1 Å². The molecule has 0 aliphatic heterocycles. The Balaban J connectivity index is 4.45. The van der Waals surface area contributed by atoms with E-state index in [1.165, 1.54) is 0 Å². The maximum Gasteiger partial charge on any atom is 0.354 e. The summed E-state index contributed by atoms with van der Waals surface area (Å²) < 4.78 is 21.4. The van der Waals surface area contributed by atoms with Gasteiger partial charge in [-0.15, -0.1) is 0 Å². The summed E-state index contributed by atoms with van der Waals surface area (Å²) in [6, 6.07) is 0. The second-order valence-corrected chi connectivity index (χ2v) is 6.44. The largest absolute Gasteiger partial charge is 0.354 e. The number of nitrogens with two attached hydrogens (primary N) is 1. The molecule has 0 saturated heterocycles. The molecule has 0 heterocycles. The van der Waals surface area contributed by atoms with E-state index in [1.807, 2.05) is 0 Å². The molecule has 0 atom stereocenters. The van der Waals surface area contributed by atoms with Crippen molar-refractivity contribution < 1.29 is 28.7 Å². The minimum absolute atomic E-state index is 0.0391. The molecule has 0 fully saturated rings. The van der Waals surface area contributed by atoms with Gasteiger partial charge >= 0.3 is 15.2 Å². The minimum Gasteiger partial charge on any atom is -0.330 e. The Hall–Kier alpha value is 0.220. The highest BCUT2D eigenvalue weighted by atomic mass is 31.2. The van der Waals surface area contributed by atoms with E-state index in [4.69, 9.17) is 25.3 Å². The Labute approximate surface area is 80.8 Å². The fourth-order valence-corrected chi connectivity index (χ4v) is 3.07. The normalized spacial score (nSPS) is 13.6. The van der Waals surface area contributed by atoms with E-state index in [1.54, 1.807) is 0 Å². The van der Waals surface area contributed by atoms with Crippen LogP contribution in [0.15, 0.2) is 0 Å². The molecule has 0 aliphatic rings. The van der Waals surface area contributed by atoms with Crippen LogP contribution >= 0.6 is 15.2 Å². The van der Waals surface area contributed by atoms with Gasteiger partial charge in [-0.05, 0) is 19.5 Å². The zero-order chi connectivity index (χ0) is 11.4. The second kappa shape index (κ2) is 5.34. The standard InChI is InChI=1S/C4H14N2O6P2/c5-2-1-3-6-4(13(7,8)9)14(10,11)12/h4,6H,1-3,5H2,(H2,7,8,9)(H2,10,11,12). The van der Waals surface area contributed by atoms with E-state index in [0.29, 0.717) is 6.42 Å². The molecule has 0 radical (unpaired) electrons. The first-order valence-corrected chi connectivity index (χ1v) is 7.10. The van der Waals surface area contributed by atoms with Gasteiger partial charge in [0.2, 0.25) is 5.52 Å². The average molecular weight is 248 g/mol. The second-order valence-electron chi connectivity index (χ2n) is 2.65. The third-order valence-electron chi connectivity index (χ3n) is 1.35. The van der Waals surface area contributed by atoms with E-state index >= 15 is 0 Å². The molecule has 0 aromatic carbocycles. The third kappa shape index (κ3) is 5.19. The quantitative estimate of drug-likeness (QED) is 0.247. The molecule has 8 nitrogen and oxygen atoms in total. The van der Waals surface area contributed by atoms with Gasteiger partial charge < -0.3 is 25.3 Å². The molecule has 0 saturated carbocycles. The van der Waals surface area contributed by atoms with Crippen molar-refractivity contribution in [2.45, 2.75) is 11.9 Å². The molecular formula is C4H14N2O6P2. The monoisotopic (exact) mass is 248 g/mol. The fraction of sp³-hybridized carbons (Fsp3) is 1.00. The lowest BCUT2D eigenvalue weighted by molar-refractivity contribution is 0.328. The van der Waals surface area contributed by atoms with Crippen LogP contribution in [0.3, 0.4) is 0 Å². The zero-order valence-electron chi connectivity index (χ0n) is 7.28. The third-order valence-corrected chi connectivity index (χ3v) is 4.79. The lowest BCUT2D eigenvalue weighted by atomic mass is 10.4. The Morgan fingerprint density at radius 3 is 1.86 bits per heavy atom. The lowest BCUT2D eigenvalue weighted by Gasteiger charge is -2.20. The van der Waals surface area contributed by atoms with Gasteiger partial charge in [-0.2, -0.15) is 0 Å². The summed E-state index contributed by atoms with van der Waals surface area (Å²) in [5, 5.41) is 2.09. The smallest absolute Gasteiger partial charge is 0.330 e. The molecule has 0 aromatic heterocycles. The number of hydrogen-bond acceptors (Lipinski definition) is 4. The molecule has 14 heavy (non-hydrogen) atoms. The van der Waals surface area contributed by atoms with E-state index in [2.05, 4.69) is 5.32 Å². The average Bonchev–Trinajstić information content (AvgIpc) is 1.92. The number of hydrogen-bond donors (Lipinski definition) is 6. The van der Waals surface area contributed by atoms with Crippen LogP contribution < -0.4 is 11.1 Å².